The number of benzene rings is 5. The zero-order valence-electron chi connectivity index (χ0n) is 17.8. The molecule has 0 aliphatic heterocycles. The fourth-order valence-corrected chi connectivity index (χ4v) is 9.48. The standard InChI is InChI=1S/C30H16I2S2/c31-27-23-13-19-11-22-16-26-24(28(32)30(34-26)18-9-5-2-6-10-18)14-20(22)12-21(19)15-25(23)33-29(27)17-7-3-1-4-8-17/h1-16H. The minimum atomic E-state index is 1.30. The summed E-state index contributed by atoms with van der Waals surface area (Å²) >= 11 is 8.84. The lowest BCUT2D eigenvalue weighted by Gasteiger charge is -2.04. The molecule has 2 aromatic heterocycles. The zero-order chi connectivity index (χ0) is 22.8. The van der Waals surface area contributed by atoms with Crippen molar-refractivity contribution in [3.8, 4) is 20.9 Å². The molecule has 0 unspecified atom stereocenters. The van der Waals surface area contributed by atoms with E-state index >= 15 is 0 Å². The van der Waals surface area contributed by atoms with Crippen molar-refractivity contribution in [1.29, 1.82) is 0 Å². The van der Waals surface area contributed by atoms with Crippen LogP contribution < -0.4 is 0 Å². The molecule has 0 atom stereocenters. The van der Waals surface area contributed by atoms with Gasteiger partial charge in [-0.15, -0.1) is 22.7 Å². The van der Waals surface area contributed by atoms with Crippen LogP contribution in [0.25, 0.3) is 62.6 Å². The highest BCUT2D eigenvalue weighted by Gasteiger charge is 2.15. The molecule has 7 aromatic rings. The van der Waals surface area contributed by atoms with Gasteiger partial charge in [0.1, 0.15) is 0 Å². The maximum atomic E-state index is 2.52. The molecule has 0 aliphatic carbocycles. The minimum absolute atomic E-state index is 1.30. The smallest absolute Gasteiger partial charge is 0.0488 e. The van der Waals surface area contributed by atoms with Gasteiger partial charge in [0, 0.05) is 37.1 Å². The van der Waals surface area contributed by atoms with Crippen LogP contribution in [0.5, 0.6) is 0 Å². The predicted molar refractivity (Wildman–Crippen MR) is 169 cm³/mol. The monoisotopic (exact) mass is 694 g/mol. The summed E-state index contributed by atoms with van der Waals surface area (Å²) in [4.78, 5) is 2.72. The molecule has 4 heteroatoms. The molecule has 0 aliphatic rings. The Morgan fingerprint density at radius 3 is 1.24 bits per heavy atom. The van der Waals surface area contributed by atoms with E-state index in [0.29, 0.717) is 0 Å². The lowest BCUT2D eigenvalue weighted by molar-refractivity contribution is 1.69. The number of rotatable bonds is 2. The fourth-order valence-electron chi connectivity index (χ4n) is 4.68. The highest BCUT2D eigenvalue weighted by atomic mass is 127. The van der Waals surface area contributed by atoms with Crippen LogP contribution in [0.15, 0.2) is 97.1 Å². The molecule has 0 radical (unpaired) electrons. The maximum Gasteiger partial charge on any atom is 0.0488 e. The molecule has 0 fully saturated rings. The third-order valence-electron chi connectivity index (χ3n) is 6.36. The van der Waals surface area contributed by atoms with Crippen molar-refractivity contribution < 1.29 is 0 Å². The molecule has 0 saturated carbocycles. The quantitative estimate of drug-likeness (QED) is 0.125. The zero-order valence-corrected chi connectivity index (χ0v) is 23.8. The topological polar surface area (TPSA) is 0 Å². The van der Waals surface area contributed by atoms with Crippen LogP contribution in [0.3, 0.4) is 0 Å². The van der Waals surface area contributed by atoms with Gasteiger partial charge in [-0.1, -0.05) is 60.7 Å². The molecule has 0 saturated heterocycles. The number of hydrogen-bond donors (Lipinski definition) is 0. The van der Waals surface area contributed by atoms with Gasteiger partial charge in [-0.25, -0.2) is 0 Å². The SMILES string of the molecule is Ic1c(-c2ccccc2)sc2cc3cc4cc5c(I)c(-c6ccccc6)sc5cc4cc3cc12. The number of thiophene rings is 2. The van der Waals surface area contributed by atoms with Crippen LogP contribution in [0.1, 0.15) is 0 Å². The van der Waals surface area contributed by atoms with Crippen LogP contribution in [0, 0.1) is 7.14 Å². The Kier molecular flexibility index (Phi) is 5.19. The molecule has 0 nitrogen and oxygen atoms in total. The van der Waals surface area contributed by atoms with E-state index in [2.05, 4.69) is 142 Å². The molecule has 34 heavy (non-hydrogen) atoms. The van der Waals surface area contributed by atoms with Gasteiger partial charge in [0.05, 0.1) is 0 Å². The molecule has 5 aromatic carbocycles. The van der Waals surface area contributed by atoms with Crippen molar-refractivity contribution >= 4 is 110 Å². The van der Waals surface area contributed by atoms with Gasteiger partial charge in [-0.3, -0.25) is 0 Å². The summed E-state index contributed by atoms with van der Waals surface area (Å²) in [5.41, 5.74) is 2.60. The largest absolute Gasteiger partial charge is 0.134 e. The van der Waals surface area contributed by atoms with Crippen molar-refractivity contribution in [3.05, 3.63) is 104 Å². The lowest BCUT2D eigenvalue weighted by Crippen LogP contribution is -1.79. The first kappa shape index (κ1) is 21.3. The molecular formula is C30H16I2S2. The third-order valence-corrected chi connectivity index (χ3v) is 11.7. The summed E-state index contributed by atoms with van der Waals surface area (Å²) in [5.74, 6) is 0. The van der Waals surface area contributed by atoms with Crippen molar-refractivity contribution in [2.24, 2.45) is 0 Å². The van der Waals surface area contributed by atoms with E-state index in [-0.39, 0.29) is 0 Å². The Morgan fingerprint density at radius 2 is 0.824 bits per heavy atom. The average molecular weight is 694 g/mol. The Labute approximate surface area is 232 Å². The van der Waals surface area contributed by atoms with Gasteiger partial charge in [-0.2, -0.15) is 0 Å². The highest BCUT2D eigenvalue weighted by molar-refractivity contribution is 14.1. The molecule has 7 rings (SSSR count). The fraction of sp³-hybridized carbons (Fsp3) is 0. The van der Waals surface area contributed by atoms with E-state index in [1.165, 1.54) is 69.7 Å². The normalized spacial score (nSPS) is 11.8. The Balaban J connectivity index is 1.44. The van der Waals surface area contributed by atoms with Crippen molar-refractivity contribution in [3.63, 3.8) is 0 Å². The number of hydrogen-bond acceptors (Lipinski definition) is 2. The second-order valence-electron chi connectivity index (χ2n) is 8.47. The molecule has 0 spiro atoms. The summed E-state index contributed by atoms with van der Waals surface area (Å²) in [5, 5.41) is 7.95. The Bertz CT molecular complexity index is 1720. The van der Waals surface area contributed by atoms with Crippen molar-refractivity contribution in [1.82, 2.24) is 0 Å². The Hall–Kier alpha value is -2.00. The van der Waals surface area contributed by atoms with Crippen molar-refractivity contribution in [2.75, 3.05) is 0 Å². The summed E-state index contributed by atoms with van der Waals surface area (Å²) in [6.45, 7) is 0. The van der Waals surface area contributed by atoms with Gasteiger partial charge >= 0.3 is 0 Å². The second-order valence-corrected chi connectivity index (χ2v) is 12.7. The van der Waals surface area contributed by atoms with E-state index in [0.717, 1.165) is 0 Å². The van der Waals surface area contributed by atoms with E-state index in [4.69, 9.17) is 0 Å². The molecular weight excluding hydrogens is 678 g/mol. The van der Waals surface area contributed by atoms with Crippen LogP contribution in [0.4, 0.5) is 0 Å². The first-order chi connectivity index (χ1) is 16.7. The van der Waals surface area contributed by atoms with E-state index in [1.54, 1.807) is 0 Å². The summed E-state index contributed by atoms with van der Waals surface area (Å²) in [7, 11) is 0. The molecule has 0 amide bonds. The average Bonchev–Trinajstić information content (AvgIpc) is 3.37. The minimum Gasteiger partial charge on any atom is -0.134 e. The third kappa shape index (κ3) is 3.41. The van der Waals surface area contributed by atoms with Gasteiger partial charge in [0.15, 0.2) is 0 Å². The molecule has 0 bridgehead atoms. The van der Waals surface area contributed by atoms with Crippen LogP contribution >= 0.6 is 67.9 Å². The maximum absolute atomic E-state index is 2.52. The number of halogens is 2. The number of fused-ring (bicyclic) bond motifs is 4. The summed E-state index contributed by atoms with van der Waals surface area (Å²) in [6, 6.07) is 35.7. The van der Waals surface area contributed by atoms with E-state index < -0.39 is 0 Å². The summed E-state index contributed by atoms with van der Waals surface area (Å²) < 4.78 is 5.41. The molecule has 162 valence electrons. The highest BCUT2D eigenvalue weighted by Crippen LogP contribution is 2.44. The van der Waals surface area contributed by atoms with Gasteiger partial charge in [-0.05, 0) is 114 Å². The second kappa shape index (κ2) is 8.29. The lowest BCUT2D eigenvalue weighted by atomic mass is 10.0. The van der Waals surface area contributed by atoms with Crippen LogP contribution in [-0.4, -0.2) is 0 Å². The van der Waals surface area contributed by atoms with Gasteiger partial charge in [0.25, 0.3) is 0 Å². The van der Waals surface area contributed by atoms with Crippen molar-refractivity contribution in [2.45, 2.75) is 0 Å². The van der Waals surface area contributed by atoms with Crippen LogP contribution in [0.2, 0.25) is 0 Å². The Morgan fingerprint density at radius 1 is 0.441 bits per heavy atom. The van der Waals surface area contributed by atoms with Crippen LogP contribution in [-0.2, 0) is 0 Å². The summed E-state index contributed by atoms with van der Waals surface area (Å²) in [6.07, 6.45) is 0. The molecule has 0 N–H and O–H groups in total. The van der Waals surface area contributed by atoms with E-state index in [9.17, 15) is 0 Å². The predicted octanol–water partition coefficient (Wildman–Crippen LogP) is 11.0. The van der Waals surface area contributed by atoms with Gasteiger partial charge < -0.3 is 0 Å². The first-order valence-corrected chi connectivity index (χ1v) is 14.8. The van der Waals surface area contributed by atoms with E-state index in [1.807, 2.05) is 22.7 Å². The first-order valence-electron chi connectivity index (χ1n) is 11.0. The van der Waals surface area contributed by atoms with Gasteiger partial charge in [0.2, 0.25) is 0 Å². The molecule has 2 heterocycles.